The van der Waals surface area contributed by atoms with E-state index in [0.717, 1.165) is 11.3 Å². The molecule has 0 N–H and O–H groups in total. The van der Waals surface area contributed by atoms with Crippen molar-refractivity contribution in [2.75, 3.05) is 6.79 Å². The third kappa shape index (κ3) is 4.56. The second kappa shape index (κ2) is 9.02. The zero-order valence-corrected chi connectivity index (χ0v) is 20.4. The van der Waals surface area contributed by atoms with Crippen molar-refractivity contribution in [3.8, 4) is 23.3 Å². The molecule has 0 unspecified atom stereocenters. The maximum absolute atomic E-state index is 13.5. The van der Waals surface area contributed by atoms with Gasteiger partial charge in [-0.2, -0.15) is 5.26 Å². The fraction of sp³-hybridized carbons (Fsp3) is 0.208. The SMILES string of the molecule is CC(C)(C)C(=O)/C(C#N)=c1\s/c(=C/c2cc3c(cc2[N+](=O)[O-])OCO3)c(=O)n1-c1ccc(Cl)cc1. The fourth-order valence-electron chi connectivity index (χ4n) is 3.41. The van der Waals surface area contributed by atoms with Crippen LogP contribution in [0.2, 0.25) is 5.02 Å². The Balaban J connectivity index is 2.09. The standard InChI is InChI=1S/C24H18ClN3O6S/c1-24(2,3)21(29)16(11-26)23-27(15-6-4-14(25)5-7-15)22(30)20(35-23)9-13-8-18-19(34-12-33-18)10-17(13)28(31)32/h4-10H,12H2,1-3H3/b20-9+,23-16-. The molecule has 4 rings (SSSR count). The van der Waals surface area contributed by atoms with Crippen LogP contribution in [0.1, 0.15) is 26.3 Å². The van der Waals surface area contributed by atoms with Crippen LogP contribution in [0.25, 0.3) is 17.3 Å². The first-order valence-corrected chi connectivity index (χ1v) is 11.5. The van der Waals surface area contributed by atoms with E-state index in [-0.39, 0.29) is 38.6 Å². The Bertz CT molecular complexity index is 1590. The predicted octanol–water partition coefficient (Wildman–Crippen LogP) is 3.31. The smallest absolute Gasteiger partial charge is 0.280 e. The number of hydrogen-bond acceptors (Lipinski definition) is 8. The van der Waals surface area contributed by atoms with Gasteiger partial charge in [-0.3, -0.25) is 24.3 Å². The molecule has 178 valence electrons. The summed E-state index contributed by atoms with van der Waals surface area (Å²) in [5.41, 5.74) is -1.39. The zero-order valence-electron chi connectivity index (χ0n) is 18.8. The molecule has 2 aromatic carbocycles. The molecule has 3 aromatic rings. The monoisotopic (exact) mass is 511 g/mol. The first-order valence-electron chi connectivity index (χ1n) is 10.3. The van der Waals surface area contributed by atoms with Crippen molar-refractivity contribution >= 4 is 46.1 Å². The van der Waals surface area contributed by atoms with Gasteiger partial charge in [-0.05, 0) is 36.4 Å². The molecule has 11 heteroatoms. The van der Waals surface area contributed by atoms with E-state index in [2.05, 4.69) is 0 Å². The Kier molecular flexibility index (Phi) is 6.23. The third-order valence-electron chi connectivity index (χ3n) is 5.15. The van der Waals surface area contributed by atoms with E-state index in [1.165, 1.54) is 22.8 Å². The summed E-state index contributed by atoms with van der Waals surface area (Å²) in [5.74, 6) is 0.101. The number of nitriles is 1. The number of nitro benzene ring substituents is 1. The molecule has 0 atom stereocenters. The van der Waals surface area contributed by atoms with Crippen LogP contribution in [0.5, 0.6) is 11.5 Å². The first-order chi connectivity index (χ1) is 16.5. The average Bonchev–Trinajstić information content (AvgIpc) is 3.38. The van der Waals surface area contributed by atoms with Crippen LogP contribution >= 0.6 is 22.9 Å². The number of thiazole rings is 1. The summed E-state index contributed by atoms with van der Waals surface area (Å²) in [6, 6.07) is 10.9. The van der Waals surface area contributed by atoms with Crippen LogP contribution in [0, 0.1) is 26.9 Å². The Labute approximate surface area is 207 Å². The summed E-state index contributed by atoms with van der Waals surface area (Å²) in [5, 5.41) is 22.0. The van der Waals surface area contributed by atoms with Crippen molar-refractivity contribution in [3.63, 3.8) is 0 Å². The maximum atomic E-state index is 13.5. The minimum Gasteiger partial charge on any atom is -0.454 e. The van der Waals surface area contributed by atoms with Crippen LogP contribution in [-0.2, 0) is 4.79 Å². The van der Waals surface area contributed by atoms with Crippen molar-refractivity contribution in [2.24, 2.45) is 5.41 Å². The molecule has 0 fully saturated rings. The molecule has 1 aromatic heterocycles. The van der Waals surface area contributed by atoms with Gasteiger partial charge in [0.2, 0.25) is 6.79 Å². The van der Waals surface area contributed by atoms with Gasteiger partial charge in [0.05, 0.1) is 26.8 Å². The Hall–Kier alpha value is -3.94. The van der Waals surface area contributed by atoms with Gasteiger partial charge in [0.25, 0.3) is 11.2 Å². The number of hydrogen-bond donors (Lipinski definition) is 0. The molecular weight excluding hydrogens is 494 g/mol. The third-order valence-corrected chi connectivity index (χ3v) is 6.49. The normalized spacial score (nSPS) is 14.0. The summed E-state index contributed by atoms with van der Waals surface area (Å²) in [7, 11) is 0. The highest BCUT2D eigenvalue weighted by Gasteiger charge is 2.28. The molecule has 1 aliphatic heterocycles. The van der Waals surface area contributed by atoms with Crippen LogP contribution in [0.3, 0.4) is 0 Å². The zero-order chi connectivity index (χ0) is 25.5. The highest BCUT2D eigenvalue weighted by Crippen LogP contribution is 2.38. The highest BCUT2D eigenvalue weighted by atomic mass is 35.5. The van der Waals surface area contributed by atoms with Crippen molar-refractivity contribution in [1.82, 2.24) is 4.57 Å². The average molecular weight is 512 g/mol. The molecule has 35 heavy (non-hydrogen) atoms. The van der Waals surface area contributed by atoms with Crippen molar-refractivity contribution in [2.45, 2.75) is 20.8 Å². The number of nitrogens with zero attached hydrogens (tertiary/aromatic N) is 3. The van der Waals surface area contributed by atoms with Crippen molar-refractivity contribution in [1.29, 1.82) is 5.26 Å². The summed E-state index contributed by atoms with van der Waals surface area (Å²) in [4.78, 5) is 37.7. The number of rotatable bonds is 4. The van der Waals surface area contributed by atoms with E-state index in [9.17, 15) is 25.0 Å². The van der Waals surface area contributed by atoms with Gasteiger partial charge in [-0.1, -0.05) is 32.4 Å². The second-order valence-electron chi connectivity index (χ2n) is 8.62. The molecule has 1 aliphatic rings. The topological polar surface area (TPSA) is 124 Å². The Morgan fingerprint density at radius 3 is 2.43 bits per heavy atom. The molecule has 0 amide bonds. The molecule has 0 bridgehead atoms. The van der Waals surface area contributed by atoms with Crippen molar-refractivity contribution in [3.05, 3.63) is 76.6 Å². The molecule has 0 radical (unpaired) electrons. The number of carbonyl (C=O) groups excluding carboxylic acids is 1. The van der Waals surface area contributed by atoms with Gasteiger partial charge in [0.1, 0.15) is 16.3 Å². The van der Waals surface area contributed by atoms with E-state index < -0.39 is 21.7 Å². The van der Waals surface area contributed by atoms with Gasteiger partial charge in [0.15, 0.2) is 17.3 Å². The van der Waals surface area contributed by atoms with E-state index in [1.807, 2.05) is 6.07 Å². The lowest BCUT2D eigenvalue weighted by Gasteiger charge is -2.15. The summed E-state index contributed by atoms with van der Waals surface area (Å²) >= 11 is 6.89. The van der Waals surface area contributed by atoms with Gasteiger partial charge in [-0.25, -0.2) is 0 Å². The second-order valence-corrected chi connectivity index (χ2v) is 10.1. The first kappa shape index (κ1) is 24.2. The number of ketones is 1. The lowest BCUT2D eigenvalue weighted by molar-refractivity contribution is -0.385. The van der Waals surface area contributed by atoms with Crippen LogP contribution in [0.15, 0.2) is 41.2 Å². The molecule has 2 heterocycles. The quantitative estimate of drug-likeness (QED) is 0.388. The molecule has 9 nitrogen and oxygen atoms in total. The highest BCUT2D eigenvalue weighted by molar-refractivity contribution is 7.07. The summed E-state index contributed by atoms with van der Waals surface area (Å²) in [6.45, 7) is 4.95. The number of halogens is 1. The number of ether oxygens (including phenoxy) is 2. The van der Waals surface area contributed by atoms with E-state index in [4.69, 9.17) is 21.1 Å². The minimum absolute atomic E-state index is 0.0716. The van der Waals surface area contributed by atoms with Crippen LogP contribution in [-0.4, -0.2) is 22.1 Å². The Morgan fingerprint density at radius 1 is 1.23 bits per heavy atom. The van der Waals surface area contributed by atoms with Crippen molar-refractivity contribution < 1.29 is 19.2 Å². The minimum atomic E-state index is -0.879. The number of aromatic nitrogens is 1. The lowest BCUT2D eigenvalue weighted by Crippen LogP contribution is -2.33. The van der Waals surface area contributed by atoms with E-state index in [0.29, 0.717) is 16.5 Å². The van der Waals surface area contributed by atoms with Crippen LogP contribution in [0.4, 0.5) is 5.69 Å². The molecule has 0 aliphatic carbocycles. The van der Waals surface area contributed by atoms with Gasteiger partial charge in [-0.15, -0.1) is 11.3 Å². The number of Topliss-reactive ketones (excluding diaryl/α,β-unsaturated/α-hetero) is 1. The maximum Gasteiger partial charge on any atom is 0.280 e. The molecule has 0 saturated carbocycles. The number of nitro groups is 1. The number of benzene rings is 2. The van der Waals surface area contributed by atoms with Crippen LogP contribution < -0.4 is 24.2 Å². The number of carbonyl (C=O) groups is 1. The van der Waals surface area contributed by atoms with E-state index >= 15 is 0 Å². The fourth-order valence-corrected chi connectivity index (χ4v) is 4.63. The summed E-state index contributed by atoms with van der Waals surface area (Å²) in [6.07, 6.45) is 1.35. The predicted molar refractivity (Wildman–Crippen MR) is 130 cm³/mol. The number of fused-ring (bicyclic) bond motifs is 1. The largest absolute Gasteiger partial charge is 0.454 e. The summed E-state index contributed by atoms with van der Waals surface area (Å²) < 4.78 is 12.0. The molecule has 0 saturated heterocycles. The van der Waals surface area contributed by atoms with E-state index in [1.54, 1.807) is 45.0 Å². The van der Waals surface area contributed by atoms with Gasteiger partial charge in [0, 0.05) is 10.4 Å². The molecule has 0 spiro atoms. The Morgan fingerprint density at radius 2 is 1.86 bits per heavy atom. The van der Waals surface area contributed by atoms with Gasteiger partial charge < -0.3 is 9.47 Å². The lowest BCUT2D eigenvalue weighted by atomic mass is 9.87. The molecular formula is C24H18ClN3O6S. The van der Waals surface area contributed by atoms with Gasteiger partial charge >= 0.3 is 0 Å².